The summed E-state index contributed by atoms with van der Waals surface area (Å²) in [6, 6.07) is 12.9. The number of carbonyl (C=O) groups excluding carboxylic acids is 2. The summed E-state index contributed by atoms with van der Waals surface area (Å²) in [5.41, 5.74) is 2.42. The van der Waals surface area contributed by atoms with Crippen molar-refractivity contribution in [3.8, 4) is 5.75 Å². The second-order valence-electron chi connectivity index (χ2n) is 7.17. The van der Waals surface area contributed by atoms with E-state index in [0.717, 1.165) is 17.1 Å². The van der Waals surface area contributed by atoms with E-state index in [2.05, 4.69) is 22.4 Å². The lowest BCUT2D eigenvalue weighted by atomic mass is 10.1. The van der Waals surface area contributed by atoms with Crippen molar-refractivity contribution in [2.45, 2.75) is 25.7 Å². The molecule has 1 aliphatic rings. The monoisotopic (exact) mass is 456 g/mol. The molecule has 2 aromatic carbocycles. The fourth-order valence-corrected chi connectivity index (χ4v) is 4.51. The maximum Gasteiger partial charge on any atom is 0.261 e. The number of hydrogen-bond acceptors (Lipinski definition) is 6. The first-order chi connectivity index (χ1) is 15.0. The average Bonchev–Trinajstić information content (AvgIpc) is 3.40. The number of halogens is 1. The summed E-state index contributed by atoms with van der Waals surface area (Å²) >= 11 is 7.28. The van der Waals surface area contributed by atoms with E-state index in [4.69, 9.17) is 16.3 Å². The molecule has 0 radical (unpaired) electrons. The molecule has 4 rings (SSSR count). The molecule has 2 heterocycles. The zero-order valence-electron chi connectivity index (χ0n) is 17.1. The molecule has 2 amide bonds. The average molecular weight is 457 g/mol. The van der Waals surface area contributed by atoms with E-state index in [9.17, 15) is 9.59 Å². The zero-order chi connectivity index (χ0) is 22.0. The van der Waals surface area contributed by atoms with E-state index >= 15 is 0 Å². The van der Waals surface area contributed by atoms with Gasteiger partial charge in [-0.3, -0.25) is 14.9 Å². The van der Waals surface area contributed by atoms with E-state index in [1.165, 1.54) is 30.1 Å². The van der Waals surface area contributed by atoms with Crippen LogP contribution in [0.5, 0.6) is 5.75 Å². The molecule has 7 nitrogen and oxygen atoms in total. The van der Waals surface area contributed by atoms with Crippen molar-refractivity contribution in [1.29, 1.82) is 0 Å². The second kappa shape index (κ2) is 9.03. The van der Waals surface area contributed by atoms with Crippen molar-refractivity contribution in [2.75, 3.05) is 23.9 Å². The molecule has 1 aliphatic heterocycles. The third kappa shape index (κ3) is 4.55. The lowest BCUT2D eigenvalue weighted by Gasteiger charge is -2.16. The van der Waals surface area contributed by atoms with E-state index in [1.807, 2.05) is 24.3 Å². The molecule has 9 heteroatoms. The molecular formula is C22H21ClN4O3S. The minimum absolute atomic E-state index is 0.0543. The molecule has 3 aromatic rings. The number of hydrogen-bond donors (Lipinski definition) is 1. The van der Waals surface area contributed by atoms with Gasteiger partial charge in [0.1, 0.15) is 10.8 Å². The first-order valence-corrected chi connectivity index (χ1v) is 11.1. The third-order valence-corrected chi connectivity index (χ3v) is 6.43. The van der Waals surface area contributed by atoms with Crippen LogP contribution in [0.2, 0.25) is 5.02 Å². The topological polar surface area (TPSA) is 84.4 Å². The van der Waals surface area contributed by atoms with E-state index in [1.54, 1.807) is 17.0 Å². The van der Waals surface area contributed by atoms with Gasteiger partial charge in [-0.1, -0.05) is 42.0 Å². The molecule has 0 bridgehead atoms. The van der Waals surface area contributed by atoms with Gasteiger partial charge < -0.3 is 9.64 Å². The van der Waals surface area contributed by atoms with Gasteiger partial charge in [-0.15, -0.1) is 10.2 Å². The fraction of sp³-hybridized carbons (Fsp3) is 0.273. The Morgan fingerprint density at radius 3 is 2.74 bits per heavy atom. The van der Waals surface area contributed by atoms with Gasteiger partial charge >= 0.3 is 0 Å². The third-order valence-electron chi connectivity index (χ3n) is 5.20. The van der Waals surface area contributed by atoms with Crippen LogP contribution in [-0.4, -0.2) is 35.7 Å². The lowest BCUT2D eigenvalue weighted by Crippen LogP contribution is -2.24. The first kappa shape index (κ1) is 21.3. The second-order valence-corrected chi connectivity index (χ2v) is 8.62. The quantitative estimate of drug-likeness (QED) is 0.588. The summed E-state index contributed by atoms with van der Waals surface area (Å²) in [7, 11) is 1.49. The largest absolute Gasteiger partial charge is 0.496 e. The molecule has 31 heavy (non-hydrogen) atoms. The maximum absolute atomic E-state index is 12.6. The van der Waals surface area contributed by atoms with Gasteiger partial charge in [0.2, 0.25) is 11.0 Å². The first-order valence-electron chi connectivity index (χ1n) is 9.86. The molecule has 0 spiro atoms. The van der Waals surface area contributed by atoms with Crippen LogP contribution < -0.4 is 15.0 Å². The Labute approximate surface area is 189 Å². The Morgan fingerprint density at radius 1 is 1.26 bits per heavy atom. The highest BCUT2D eigenvalue weighted by atomic mass is 35.5. The molecule has 1 fully saturated rings. The minimum atomic E-state index is -0.387. The van der Waals surface area contributed by atoms with Gasteiger partial charge in [-0.05, 0) is 42.3 Å². The predicted molar refractivity (Wildman–Crippen MR) is 121 cm³/mol. The fourth-order valence-electron chi connectivity index (χ4n) is 3.51. The number of nitrogens with zero attached hydrogens (tertiary/aromatic N) is 3. The van der Waals surface area contributed by atoms with Crippen molar-refractivity contribution in [3.05, 3.63) is 63.6 Å². The normalized spacial score (nSPS) is 15.9. The van der Waals surface area contributed by atoms with E-state index < -0.39 is 0 Å². The number of nitrogens with one attached hydrogen (secondary N) is 1. The van der Waals surface area contributed by atoms with E-state index in [0.29, 0.717) is 34.4 Å². The van der Waals surface area contributed by atoms with Crippen LogP contribution in [0.25, 0.3) is 0 Å². The van der Waals surface area contributed by atoms with Crippen molar-refractivity contribution in [2.24, 2.45) is 0 Å². The number of anilines is 2. The number of carbonyl (C=O) groups is 2. The van der Waals surface area contributed by atoms with Crippen LogP contribution in [-0.2, 0) is 11.2 Å². The van der Waals surface area contributed by atoms with Crippen LogP contribution in [0.4, 0.5) is 10.8 Å². The number of rotatable bonds is 6. The molecule has 1 saturated heterocycles. The van der Waals surface area contributed by atoms with Crippen LogP contribution in [0.15, 0.2) is 42.5 Å². The van der Waals surface area contributed by atoms with Gasteiger partial charge in [0, 0.05) is 29.6 Å². The number of ether oxygens (including phenoxy) is 1. The van der Waals surface area contributed by atoms with Crippen molar-refractivity contribution < 1.29 is 14.3 Å². The van der Waals surface area contributed by atoms with Crippen molar-refractivity contribution in [1.82, 2.24) is 10.2 Å². The number of aryl methyl sites for hydroxylation is 1. The van der Waals surface area contributed by atoms with Gasteiger partial charge in [-0.2, -0.15) is 0 Å². The molecule has 0 aliphatic carbocycles. The SMILES string of the molecule is CCc1ccc(N2C[C@H](c3nnc(NC(=O)c4cc(Cl)ccc4OC)s3)CC2=O)cc1. The Morgan fingerprint density at radius 2 is 2.03 bits per heavy atom. The molecule has 0 saturated carbocycles. The van der Waals surface area contributed by atoms with Crippen molar-refractivity contribution >= 4 is 45.6 Å². The molecular weight excluding hydrogens is 436 g/mol. The van der Waals surface area contributed by atoms with Crippen LogP contribution >= 0.6 is 22.9 Å². The number of benzene rings is 2. The maximum atomic E-state index is 12.6. The molecule has 0 unspecified atom stereocenters. The number of aromatic nitrogens is 2. The Kier molecular flexibility index (Phi) is 6.20. The number of amides is 2. The molecule has 1 N–H and O–H groups in total. The van der Waals surface area contributed by atoms with Gasteiger partial charge in [-0.25, -0.2) is 0 Å². The van der Waals surface area contributed by atoms with Gasteiger partial charge in [0.25, 0.3) is 5.91 Å². The molecule has 1 aromatic heterocycles. The predicted octanol–water partition coefficient (Wildman–Crippen LogP) is 4.54. The molecule has 1 atom stereocenters. The lowest BCUT2D eigenvalue weighted by molar-refractivity contribution is -0.117. The minimum Gasteiger partial charge on any atom is -0.496 e. The Bertz CT molecular complexity index is 1120. The summed E-state index contributed by atoms with van der Waals surface area (Å²) in [6.07, 6.45) is 1.32. The van der Waals surface area contributed by atoms with E-state index in [-0.39, 0.29) is 17.7 Å². The highest BCUT2D eigenvalue weighted by Gasteiger charge is 2.34. The summed E-state index contributed by atoms with van der Waals surface area (Å²) in [5.74, 6) is 0.0147. The molecule has 160 valence electrons. The summed E-state index contributed by atoms with van der Waals surface area (Å²) in [6.45, 7) is 2.63. The van der Waals surface area contributed by atoms with Gasteiger partial charge in [0.05, 0.1) is 12.7 Å². The Hall–Kier alpha value is -2.97. The highest BCUT2D eigenvalue weighted by Crippen LogP contribution is 2.34. The van der Waals surface area contributed by atoms with Crippen LogP contribution in [0, 0.1) is 0 Å². The highest BCUT2D eigenvalue weighted by molar-refractivity contribution is 7.15. The van der Waals surface area contributed by atoms with Crippen LogP contribution in [0.3, 0.4) is 0 Å². The standard InChI is InChI=1S/C22H21ClN4O3S/c1-3-13-4-7-16(8-5-13)27-12-14(10-19(27)28)21-25-26-22(31-21)24-20(29)17-11-15(23)6-9-18(17)30-2/h4-9,11,14H,3,10,12H2,1-2H3,(H,24,26,29)/t14-/m1/s1. The number of methoxy groups -OCH3 is 1. The summed E-state index contributed by atoms with van der Waals surface area (Å²) in [4.78, 5) is 27.0. The smallest absolute Gasteiger partial charge is 0.261 e. The van der Waals surface area contributed by atoms with Crippen molar-refractivity contribution in [3.63, 3.8) is 0 Å². The summed E-state index contributed by atoms with van der Waals surface area (Å²) < 4.78 is 5.23. The summed E-state index contributed by atoms with van der Waals surface area (Å²) in [5, 5.41) is 12.5. The Balaban J connectivity index is 1.46. The van der Waals surface area contributed by atoms with Crippen LogP contribution in [0.1, 0.15) is 40.2 Å². The van der Waals surface area contributed by atoms with Gasteiger partial charge in [0.15, 0.2) is 0 Å². The zero-order valence-corrected chi connectivity index (χ0v) is 18.7.